The number of amides is 4. The first-order valence-electron chi connectivity index (χ1n) is 9.81. The summed E-state index contributed by atoms with van der Waals surface area (Å²) in [4.78, 5) is 59.5. The highest BCUT2D eigenvalue weighted by Crippen LogP contribution is 2.06. The Morgan fingerprint density at radius 1 is 1.00 bits per heavy atom. The highest BCUT2D eigenvalue weighted by atomic mass is 32.2. The maximum atomic E-state index is 12.8. The van der Waals surface area contributed by atoms with Crippen LogP contribution in [0, 0.1) is 0 Å². The van der Waals surface area contributed by atoms with Crippen LogP contribution in [0.5, 0.6) is 0 Å². The number of hydrogen-bond donors (Lipinski definition) is 6. The number of carboxylic acid groups (broad SMARTS) is 1. The smallest absolute Gasteiger partial charge is 0.322 e. The molecule has 0 heterocycles. The Morgan fingerprint density at radius 2 is 1.62 bits per heavy atom. The second-order valence-corrected chi connectivity index (χ2v) is 7.97. The lowest BCUT2D eigenvalue weighted by Gasteiger charge is -2.23. The predicted molar refractivity (Wildman–Crippen MR) is 119 cm³/mol. The molecule has 0 spiro atoms. The number of benzene rings is 1. The first-order valence-corrected chi connectivity index (χ1v) is 11.2. The zero-order chi connectivity index (χ0) is 24.1. The molecule has 0 saturated heterocycles. The van der Waals surface area contributed by atoms with E-state index >= 15 is 0 Å². The topological polar surface area (TPSA) is 194 Å². The lowest BCUT2D eigenvalue weighted by Crippen LogP contribution is -2.57. The van der Waals surface area contributed by atoms with Crippen molar-refractivity contribution in [1.82, 2.24) is 16.0 Å². The van der Waals surface area contributed by atoms with E-state index in [1.807, 2.05) is 36.6 Å². The van der Waals surface area contributed by atoms with E-state index in [0.717, 1.165) is 5.56 Å². The van der Waals surface area contributed by atoms with Gasteiger partial charge in [0.2, 0.25) is 23.6 Å². The van der Waals surface area contributed by atoms with Crippen LogP contribution in [-0.2, 0) is 30.4 Å². The summed E-state index contributed by atoms with van der Waals surface area (Å²) in [6.07, 6.45) is 1.81. The highest BCUT2D eigenvalue weighted by Gasteiger charge is 2.29. The summed E-state index contributed by atoms with van der Waals surface area (Å²) in [6, 6.07) is 5.84. The Balaban J connectivity index is 2.84. The molecule has 0 fully saturated rings. The summed E-state index contributed by atoms with van der Waals surface area (Å²) < 4.78 is 0. The van der Waals surface area contributed by atoms with Gasteiger partial charge in [-0.15, -0.1) is 0 Å². The van der Waals surface area contributed by atoms with Crippen molar-refractivity contribution >= 4 is 41.4 Å². The number of aliphatic carboxylic acids is 1. The first kappa shape index (κ1) is 26.9. The summed E-state index contributed by atoms with van der Waals surface area (Å²) in [6.45, 7) is -0.690. The van der Waals surface area contributed by atoms with Gasteiger partial charge in [-0.2, -0.15) is 11.8 Å². The van der Waals surface area contributed by atoms with Crippen LogP contribution in [0.4, 0.5) is 0 Å². The molecule has 3 atom stereocenters. The Morgan fingerprint density at radius 3 is 2.19 bits per heavy atom. The van der Waals surface area contributed by atoms with E-state index < -0.39 is 60.7 Å². The minimum atomic E-state index is -1.38. The van der Waals surface area contributed by atoms with Gasteiger partial charge in [-0.05, 0) is 30.4 Å². The largest absolute Gasteiger partial charge is 0.480 e. The average molecular weight is 468 g/mol. The molecule has 176 valence electrons. The SMILES string of the molecule is CSCCC(NC(=O)C(N)Cc1ccccc1)C(=O)NC(CC(N)=O)C(=O)NCC(=O)O. The molecule has 0 aliphatic carbocycles. The number of thioether (sulfide) groups is 1. The van der Waals surface area contributed by atoms with Gasteiger partial charge in [0.05, 0.1) is 12.5 Å². The molecular weight excluding hydrogens is 438 g/mol. The molecule has 0 aromatic heterocycles. The molecular formula is C20H29N5O6S. The number of primary amides is 1. The molecule has 11 nitrogen and oxygen atoms in total. The molecule has 3 unspecified atom stereocenters. The third-order valence-electron chi connectivity index (χ3n) is 4.33. The van der Waals surface area contributed by atoms with E-state index in [4.69, 9.17) is 16.6 Å². The van der Waals surface area contributed by atoms with Crippen LogP contribution in [0.3, 0.4) is 0 Å². The fourth-order valence-electron chi connectivity index (χ4n) is 2.71. The van der Waals surface area contributed by atoms with Crippen LogP contribution in [0.25, 0.3) is 0 Å². The van der Waals surface area contributed by atoms with Crippen molar-refractivity contribution in [3.63, 3.8) is 0 Å². The van der Waals surface area contributed by atoms with Crippen LogP contribution in [0.2, 0.25) is 0 Å². The summed E-state index contributed by atoms with van der Waals surface area (Å²) in [7, 11) is 0. The highest BCUT2D eigenvalue weighted by molar-refractivity contribution is 7.98. The number of nitrogens with one attached hydrogen (secondary N) is 3. The van der Waals surface area contributed by atoms with Crippen molar-refractivity contribution in [2.45, 2.75) is 37.4 Å². The molecule has 0 saturated carbocycles. The van der Waals surface area contributed by atoms with Crippen molar-refractivity contribution in [3.8, 4) is 0 Å². The molecule has 0 aliphatic rings. The van der Waals surface area contributed by atoms with Gasteiger partial charge in [0, 0.05) is 0 Å². The van der Waals surface area contributed by atoms with Crippen LogP contribution in [0.1, 0.15) is 18.4 Å². The van der Waals surface area contributed by atoms with Gasteiger partial charge in [0.15, 0.2) is 0 Å². The molecule has 1 aromatic rings. The Kier molecular flexibility index (Phi) is 11.8. The summed E-state index contributed by atoms with van der Waals surface area (Å²) in [5, 5.41) is 15.7. The van der Waals surface area contributed by atoms with Crippen molar-refractivity contribution < 1.29 is 29.1 Å². The molecule has 32 heavy (non-hydrogen) atoms. The van der Waals surface area contributed by atoms with Gasteiger partial charge in [-0.25, -0.2) is 0 Å². The van der Waals surface area contributed by atoms with E-state index in [0.29, 0.717) is 5.75 Å². The maximum absolute atomic E-state index is 12.8. The molecule has 1 rings (SSSR count). The normalized spacial score (nSPS) is 13.3. The quantitative estimate of drug-likeness (QED) is 0.187. The number of carboxylic acids is 1. The number of hydrogen-bond acceptors (Lipinski definition) is 7. The van der Waals surface area contributed by atoms with Crippen LogP contribution in [-0.4, -0.2) is 71.4 Å². The number of nitrogens with two attached hydrogens (primary N) is 2. The molecule has 8 N–H and O–H groups in total. The van der Waals surface area contributed by atoms with E-state index in [9.17, 15) is 24.0 Å². The third-order valence-corrected chi connectivity index (χ3v) is 4.97. The van der Waals surface area contributed by atoms with Crippen molar-refractivity contribution in [2.75, 3.05) is 18.6 Å². The van der Waals surface area contributed by atoms with Crippen molar-refractivity contribution in [1.29, 1.82) is 0 Å². The Bertz CT molecular complexity index is 807. The molecule has 4 amide bonds. The zero-order valence-electron chi connectivity index (χ0n) is 17.7. The van der Waals surface area contributed by atoms with Crippen LogP contribution in [0.15, 0.2) is 30.3 Å². The van der Waals surface area contributed by atoms with E-state index in [-0.39, 0.29) is 12.8 Å². The monoisotopic (exact) mass is 467 g/mol. The molecule has 0 aliphatic heterocycles. The summed E-state index contributed by atoms with van der Waals surface area (Å²) in [5.74, 6) is -3.77. The Hall–Kier alpha value is -3.12. The first-order chi connectivity index (χ1) is 15.1. The number of carbonyl (C=O) groups excluding carboxylic acids is 4. The second kappa shape index (κ2) is 14.0. The fourth-order valence-corrected chi connectivity index (χ4v) is 3.18. The standard InChI is InChI=1S/C20H29N5O6S/c1-32-8-7-14(24-18(29)13(21)9-12-5-3-2-4-6-12)20(31)25-15(10-16(22)26)19(30)23-11-17(27)28/h2-6,13-15H,7-11,21H2,1H3,(H2,22,26)(H,23,30)(H,24,29)(H,25,31)(H,27,28). The van der Waals surface area contributed by atoms with Crippen LogP contribution < -0.4 is 27.4 Å². The predicted octanol–water partition coefficient (Wildman–Crippen LogP) is -1.64. The minimum Gasteiger partial charge on any atom is -0.480 e. The van der Waals surface area contributed by atoms with Crippen molar-refractivity contribution in [2.24, 2.45) is 11.5 Å². The van der Waals surface area contributed by atoms with Gasteiger partial charge in [0.25, 0.3) is 0 Å². The van der Waals surface area contributed by atoms with E-state index in [2.05, 4.69) is 16.0 Å². The third kappa shape index (κ3) is 10.3. The van der Waals surface area contributed by atoms with Gasteiger partial charge < -0.3 is 32.5 Å². The molecule has 0 bridgehead atoms. The van der Waals surface area contributed by atoms with Gasteiger partial charge in [0.1, 0.15) is 18.6 Å². The lowest BCUT2D eigenvalue weighted by molar-refractivity contribution is -0.138. The number of rotatable bonds is 14. The van der Waals surface area contributed by atoms with Gasteiger partial charge >= 0.3 is 5.97 Å². The maximum Gasteiger partial charge on any atom is 0.322 e. The lowest BCUT2D eigenvalue weighted by atomic mass is 10.1. The Labute approximate surface area is 190 Å². The number of carbonyl (C=O) groups is 5. The second-order valence-electron chi connectivity index (χ2n) is 6.98. The fraction of sp³-hybridized carbons (Fsp3) is 0.450. The zero-order valence-corrected chi connectivity index (χ0v) is 18.5. The van der Waals surface area contributed by atoms with E-state index in [1.165, 1.54) is 11.8 Å². The molecule has 12 heteroatoms. The van der Waals surface area contributed by atoms with Gasteiger partial charge in [-0.3, -0.25) is 24.0 Å². The summed E-state index contributed by atoms with van der Waals surface area (Å²) in [5.41, 5.74) is 12.0. The molecule has 1 aromatic carbocycles. The van der Waals surface area contributed by atoms with Crippen LogP contribution >= 0.6 is 11.8 Å². The van der Waals surface area contributed by atoms with E-state index in [1.54, 1.807) is 0 Å². The molecule has 0 radical (unpaired) electrons. The average Bonchev–Trinajstić information content (AvgIpc) is 2.74. The van der Waals surface area contributed by atoms with Gasteiger partial charge in [-0.1, -0.05) is 30.3 Å². The summed E-state index contributed by atoms with van der Waals surface area (Å²) >= 11 is 1.45. The van der Waals surface area contributed by atoms with Crippen molar-refractivity contribution in [3.05, 3.63) is 35.9 Å². The minimum absolute atomic E-state index is 0.247.